The van der Waals surface area contributed by atoms with Crippen molar-refractivity contribution in [2.45, 2.75) is 25.4 Å². The Hall–Kier alpha value is -2.02. The number of hydrogen-bond acceptors (Lipinski definition) is 5. The Morgan fingerprint density at radius 2 is 1.94 bits per heavy atom. The molecule has 96 valence electrons. The van der Waals surface area contributed by atoms with Gasteiger partial charge >= 0.3 is 0 Å². The molecule has 7 nitrogen and oxygen atoms in total. The zero-order chi connectivity index (χ0) is 13.3. The molecule has 7 heteroatoms. The van der Waals surface area contributed by atoms with Crippen molar-refractivity contribution in [2.24, 2.45) is 5.92 Å². The summed E-state index contributed by atoms with van der Waals surface area (Å²) in [6, 6.07) is 3.51. The van der Waals surface area contributed by atoms with Crippen LogP contribution in [-0.2, 0) is 6.42 Å². The van der Waals surface area contributed by atoms with Crippen LogP contribution in [0.3, 0.4) is 0 Å². The number of nitrogens with zero attached hydrogens (tertiary/aromatic N) is 2. The number of nitro groups is 2. The molecule has 1 saturated carbocycles. The first-order chi connectivity index (χ1) is 8.49. The topological polar surface area (TPSA) is 107 Å². The van der Waals surface area contributed by atoms with Crippen LogP contribution in [-0.4, -0.2) is 21.1 Å². The largest absolute Gasteiger partial charge is 0.392 e. The normalized spacial score (nSPS) is 16.3. The van der Waals surface area contributed by atoms with Gasteiger partial charge in [-0.2, -0.15) is 0 Å². The van der Waals surface area contributed by atoms with Crippen molar-refractivity contribution in [1.82, 2.24) is 0 Å². The van der Waals surface area contributed by atoms with E-state index in [1.54, 1.807) is 0 Å². The molecule has 2 rings (SSSR count). The summed E-state index contributed by atoms with van der Waals surface area (Å²) < 4.78 is 0. The van der Waals surface area contributed by atoms with Gasteiger partial charge < -0.3 is 5.11 Å². The van der Waals surface area contributed by atoms with E-state index in [9.17, 15) is 25.3 Å². The van der Waals surface area contributed by atoms with Crippen LogP contribution in [0.5, 0.6) is 0 Å². The minimum Gasteiger partial charge on any atom is -0.392 e. The summed E-state index contributed by atoms with van der Waals surface area (Å²) in [5.41, 5.74) is -0.278. The van der Waals surface area contributed by atoms with Gasteiger partial charge in [0.2, 0.25) is 0 Å². The standard InChI is InChI=1S/C11H12N2O5/c14-11(7-1-2-7)5-8-3-4-9(12(15)16)6-10(8)13(17)18/h3-4,6-7,11,14H,1-2,5H2. The number of benzene rings is 1. The van der Waals surface area contributed by atoms with Gasteiger partial charge in [-0.25, -0.2) is 0 Å². The predicted octanol–water partition coefficient (Wildman–Crippen LogP) is 1.82. The molecule has 0 spiro atoms. The minimum absolute atomic E-state index is 0.166. The van der Waals surface area contributed by atoms with Crippen LogP contribution in [0.15, 0.2) is 18.2 Å². The summed E-state index contributed by atoms with van der Waals surface area (Å²) in [7, 11) is 0. The number of rotatable bonds is 5. The van der Waals surface area contributed by atoms with Crippen LogP contribution >= 0.6 is 0 Å². The van der Waals surface area contributed by atoms with E-state index in [4.69, 9.17) is 0 Å². The van der Waals surface area contributed by atoms with Gasteiger partial charge in [0.15, 0.2) is 0 Å². The molecule has 1 fully saturated rings. The molecule has 0 heterocycles. The Kier molecular flexibility index (Phi) is 3.24. The number of non-ortho nitro benzene ring substituents is 1. The van der Waals surface area contributed by atoms with Crippen molar-refractivity contribution >= 4 is 11.4 Å². The molecule has 18 heavy (non-hydrogen) atoms. The van der Waals surface area contributed by atoms with E-state index in [-0.39, 0.29) is 23.7 Å². The van der Waals surface area contributed by atoms with E-state index in [1.165, 1.54) is 12.1 Å². The fraction of sp³-hybridized carbons (Fsp3) is 0.455. The minimum atomic E-state index is -0.673. The van der Waals surface area contributed by atoms with E-state index < -0.39 is 16.0 Å². The van der Waals surface area contributed by atoms with Crippen LogP contribution in [0.2, 0.25) is 0 Å². The molecule has 0 saturated heterocycles. The molecule has 1 atom stereocenters. The SMILES string of the molecule is O=[N+]([O-])c1ccc(CC(O)C2CC2)c([N+](=O)[O-])c1. The first kappa shape index (κ1) is 12.4. The van der Waals surface area contributed by atoms with E-state index >= 15 is 0 Å². The first-order valence-corrected chi connectivity index (χ1v) is 5.59. The molecule has 0 amide bonds. The Morgan fingerprint density at radius 3 is 2.44 bits per heavy atom. The lowest BCUT2D eigenvalue weighted by Crippen LogP contribution is -2.14. The third kappa shape index (κ3) is 2.62. The Balaban J connectivity index is 2.27. The van der Waals surface area contributed by atoms with Gasteiger partial charge in [0.25, 0.3) is 11.4 Å². The number of hydrogen-bond donors (Lipinski definition) is 1. The molecule has 1 aromatic rings. The van der Waals surface area contributed by atoms with E-state index in [0.717, 1.165) is 18.9 Å². The lowest BCUT2D eigenvalue weighted by molar-refractivity contribution is -0.394. The second-order valence-corrected chi connectivity index (χ2v) is 4.44. The van der Waals surface area contributed by atoms with Gasteiger partial charge in [-0.15, -0.1) is 0 Å². The molecule has 0 aromatic heterocycles. The number of aliphatic hydroxyl groups is 1. The maximum Gasteiger partial charge on any atom is 0.279 e. The fourth-order valence-corrected chi connectivity index (χ4v) is 1.88. The summed E-state index contributed by atoms with van der Waals surface area (Å²) >= 11 is 0. The molecular weight excluding hydrogens is 240 g/mol. The van der Waals surface area contributed by atoms with Crippen LogP contribution < -0.4 is 0 Å². The van der Waals surface area contributed by atoms with Crippen LogP contribution in [0, 0.1) is 26.1 Å². The molecule has 1 aliphatic rings. The predicted molar refractivity (Wildman–Crippen MR) is 62.2 cm³/mol. The van der Waals surface area contributed by atoms with Gasteiger partial charge in [-0.05, 0) is 24.8 Å². The van der Waals surface area contributed by atoms with Crippen LogP contribution in [0.25, 0.3) is 0 Å². The maximum atomic E-state index is 10.9. The van der Waals surface area contributed by atoms with E-state index in [0.29, 0.717) is 5.56 Å². The third-order valence-electron chi connectivity index (χ3n) is 3.07. The van der Waals surface area contributed by atoms with E-state index in [2.05, 4.69) is 0 Å². The highest BCUT2D eigenvalue weighted by molar-refractivity contribution is 5.49. The van der Waals surface area contributed by atoms with Crippen molar-refractivity contribution in [3.63, 3.8) is 0 Å². The summed E-state index contributed by atoms with van der Waals surface area (Å²) in [6.45, 7) is 0. The lowest BCUT2D eigenvalue weighted by Gasteiger charge is -2.09. The van der Waals surface area contributed by atoms with Crippen molar-refractivity contribution < 1.29 is 15.0 Å². The van der Waals surface area contributed by atoms with Crippen LogP contribution in [0.1, 0.15) is 18.4 Å². The Morgan fingerprint density at radius 1 is 1.28 bits per heavy atom. The van der Waals surface area contributed by atoms with Crippen LogP contribution in [0.4, 0.5) is 11.4 Å². The highest BCUT2D eigenvalue weighted by Crippen LogP contribution is 2.35. The second-order valence-electron chi connectivity index (χ2n) is 4.44. The van der Waals surface area contributed by atoms with Crippen molar-refractivity contribution in [3.8, 4) is 0 Å². The fourth-order valence-electron chi connectivity index (χ4n) is 1.88. The molecule has 1 aromatic carbocycles. The summed E-state index contributed by atoms with van der Waals surface area (Å²) in [6.07, 6.45) is 1.42. The quantitative estimate of drug-likeness (QED) is 0.635. The van der Waals surface area contributed by atoms with Gasteiger partial charge in [-0.3, -0.25) is 20.2 Å². The lowest BCUT2D eigenvalue weighted by atomic mass is 10.0. The van der Waals surface area contributed by atoms with Gasteiger partial charge in [0.1, 0.15) is 0 Å². The number of nitro benzene ring substituents is 2. The van der Waals surface area contributed by atoms with Gasteiger partial charge in [-0.1, -0.05) is 0 Å². The highest BCUT2D eigenvalue weighted by Gasteiger charge is 2.31. The highest BCUT2D eigenvalue weighted by atomic mass is 16.6. The molecule has 1 N–H and O–H groups in total. The number of aliphatic hydroxyl groups excluding tert-OH is 1. The molecule has 0 bridgehead atoms. The van der Waals surface area contributed by atoms with E-state index in [1.807, 2.05) is 0 Å². The molecule has 1 unspecified atom stereocenters. The zero-order valence-electron chi connectivity index (χ0n) is 9.48. The van der Waals surface area contributed by atoms with Gasteiger partial charge in [0.05, 0.1) is 22.0 Å². The first-order valence-electron chi connectivity index (χ1n) is 5.59. The average Bonchev–Trinajstić information content (AvgIpc) is 3.12. The van der Waals surface area contributed by atoms with Crippen molar-refractivity contribution in [1.29, 1.82) is 0 Å². The molecule has 0 radical (unpaired) electrons. The smallest absolute Gasteiger partial charge is 0.279 e. The molecular formula is C11H12N2O5. The maximum absolute atomic E-state index is 10.9. The van der Waals surface area contributed by atoms with Crippen molar-refractivity contribution in [3.05, 3.63) is 44.0 Å². The Labute approximate surface area is 102 Å². The molecule has 1 aliphatic carbocycles. The summed E-state index contributed by atoms with van der Waals surface area (Å²) in [4.78, 5) is 20.1. The monoisotopic (exact) mass is 252 g/mol. The van der Waals surface area contributed by atoms with Crippen molar-refractivity contribution in [2.75, 3.05) is 0 Å². The average molecular weight is 252 g/mol. The Bertz CT molecular complexity index is 498. The summed E-state index contributed by atoms with van der Waals surface area (Å²) in [5.74, 6) is 0.208. The zero-order valence-corrected chi connectivity index (χ0v) is 9.48. The third-order valence-corrected chi connectivity index (χ3v) is 3.07. The second kappa shape index (κ2) is 4.69. The summed E-state index contributed by atoms with van der Waals surface area (Å²) in [5, 5.41) is 31.2. The molecule has 0 aliphatic heterocycles. The van der Waals surface area contributed by atoms with Gasteiger partial charge in [0, 0.05) is 18.1 Å².